The maximum Gasteiger partial charge on any atom is 0.332 e. The van der Waals surface area contributed by atoms with Crippen molar-refractivity contribution in [3.8, 4) is 0 Å². The van der Waals surface area contributed by atoms with Gasteiger partial charge in [-0.1, -0.05) is 46.1 Å². The van der Waals surface area contributed by atoms with Gasteiger partial charge >= 0.3 is 5.97 Å². The molecule has 5 N–H and O–H groups in total. The molecule has 0 spiro atoms. The van der Waals surface area contributed by atoms with Crippen LogP contribution in [0.4, 0.5) is 0 Å². The topological polar surface area (TPSA) is 163 Å². The molecule has 3 saturated carbocycles. The van der Waals surface area contributed by atoms with E-state index in [2.05, 4.69) is 27.8 Å². The lowest BCUT2D eigenvalue weighted by Gasteiger charge is -2.35. The first kappa shape index (κ1) is 32.6. The molecule has 11 nitrogen and oxygen atoms in total. The number of amides is 4. The van der Waals surface area contributed by atoms with Gasteiger partial charge in [0.2, 0.25) is 23.6 Å². The number of likely N-dealkylation sites (N-methyl/N-ethyl adjacent to an activating group) is 1. The van der Waals surface area contributed by atoms with Crippen LogP contribution >= 0.6 is 0 Å². The smallest absolute Gasteiger partial charge is 0.332 e. The van der Waals surface area contributed by atoms with Gasteiger partial charge in [-0.2, -0.15) is 0 Å². The van der Waals surface area contributed by atoms with Crippen molar-refractivity contribution in [1.82, 2.24) is 21.3 Å². The minimum absolute atomic E-state index is 0.00978. The van der Waals surface area contributed by atoms with Gasteiger partial charge in [0.05, 0.1) is 24.5 Å². The Hall–Kier alpha value is -2.95. The number of aliphatic hydroxyl groups is 1. The van der Waals surface area contributed by atoms with Crippen molar-refractivity contribution < 1.29 is 33.8 Å². The monoisotopic (exact) mass is 576 g/mol. The van der Waals surface area contributed by atoms with Crippen molar-refractivity contribution in [3.63, 3.8) is 0 Å². The van der Waals surface area contributed by atoms with Gasteiger partial charge in [-0.3, -0.25) is 19.2 Å². The van der Waals surface area contributed by atoms with E-state index in [0.717, 1.165) is 32.1 Å². The third kappa shape index (κ3) is 7.47. The molecule has 7 atom stereocenters. The number of hydrogen-bond acceptors (Lipinski definition) is 7. The number of nitrogens with one attached hydrogen (secondary N) is 4. The Kier molecular flexibility index (Phi) is 10.6. The van der Waals surface area contributed by atoms with Crippen LogP contribution in [-0.2, 0) is 28.7 Å². The van der Waals surface area contributed by atoms with Gasteiger partial charge in [-0.05, 0) is 50.4 Å². The second-order valence-electron chi connectivity index (χ2n) is 12.9. The minimum Gasteiger partial charge on any atom is -0.464 e. The maximum atomic E-state index is 13.6. The van der Waals surface area contributed by atoms with Crippen LogP contribution < -0.4 is 21.3 Å². The van der Waals surface area contributed by atoms with Gasteiger partial charge in [0.1, 0.15) is 17.6 Å². The molecule has 41 heavy (non-hydrogen) atoms. The van der Waals surface area contributed by atoms with Crippen LogP contribution in [0.15, 0.2) is 12.7 Å². The number of aliphatic hydroxyl groups excluding tert-OH is 1. The summed E-state index contributed by atoms with van der Waals surface area (Å²) in [6, 6.07) is -1.71. The largest absolute Gasteiger partial charge is 0.464 e. The lowest BCUT2D eigenvalue weighted by Crippen LogP contribution is -2.60. The molecule has 230 valence electrons. The van der Waals surface area contributed by atoms with Crippen LogP contribution in [0, 0.1) is 29.1 Å². The minimum atomic E-state index is -1.22. The predicted molar refractivity (Wildman–Crippen MR) is 152 cm³/mol. The number of carbonyl (C=O) groups excluding carboxylic acids is 5. The van der Waals surface area contributed by atoms with E-state index >= 15 is 0 Å². The molecule has 4 amide bonds. The first-order valence-electron chi connectivity index (χ1n) is 14.9. The Balaban J connectivity index is 1.75. The second-order valence-corrected chi connectivity index (χ2v) is 12.9. The van der Waals surface area contributed by atoms with Crippen molar-refractivity contribution in [2.45, 2.75) is 103 Å². The standard InChI is InChI=1S/C30H48N4O7/c1-7-18-16-30(18,28(40)41-8-2)34-25(37)21-15-19(35)14-20(21)24(36)33-23(29(3,4)5)27(39)32-22(26(38)31-6)17-12-10-9-11-13-17/h7,17-23,35H,1,8-16H2,2-6H3,(H,31,38)(H,32,39)(H,33,36)(H,34,37)/t18-,19-,20-,21-,22+,23-,30-/m1/s1. The first-order chi connectivity index (χ1) is 19.3. The maximum absolute atomic E-state index is 13.6. The molecule has 0 aromatic carbocycles. The van der Waals surface area contributed by atoms with E-state index in [0.29, 0.717) is 6.42 Å². The van der Waals surface area contributed by atoms with Crippen LogP contribution in [-0.4, -0.2) is 72.1 Å². The van der Waals surface area contributed by atoms with Crippen molar-refractivity contribution in [2.75, 3.05) is 13.7 Å². The Morgan fingerprint density at radius 2 is 1.61 bits per heavy atom. The van der Waals surface area contributed by atoms with Crippen molar-refractivity contribution in [1.29, 1.82) is 0 Å². The van der Waals surface area contributed by atoms with Crippen LogP contribution in [0.1, 0.15) is 79.1 Å². The summed E-state index contributed by atoms with van der Waals surface area (Å²) in [5.41, 5.74) is -1.93. The molecule has 3 aliphatic carbocycles. The quantitative estimate of drug-likeness (QED) is 0.183. The normalized spacial score (nSPS) is 29.4. The predicted octanol–water partition coefficient (Wildman–Crippen LogP) is 1.34. The van der Waals surface area contributed by atoms with E-state index in [1.165, 1.54) is 7.05 Å². The van der Waals surface area contributed by atoms with E-state index < -0.39 is 64.7 Å². The summed E-state index contributed by atoms with van der Waals surface area (Å²) >= 11 is 0. The highest BCUT2D eigenvalue weighted by molar-refractivity contribution is 5.96. The fourth-order valence-electron chi connectivity index (χ4n) is 6.35. The highest BCUT2D eigenvalue weighted by Gasteiger charge is 2.62. The third-order valence-corrected chi connectivity index (χ3v) is 8.86. The zero-order valence-corrected chi connectivity index (χ0v) is 25.1. The van der Waals surface area contributed by atoms with E-state index in [9.17, 15) is 29.1 Å². The molecule has 0 heterocycles. The molecule has 3 fully saturated rings. The molecule has 0 saturated heterocycles. The van der Waals surface area contributed by atoms with E-state index in [1.54, 1.807) is 13.0 Å². The summed E-state index contributed by atoms with van der Waals surface area (Å²) < 4.78 is 5.17. The number of rotatable bonds is 11. The average molecular weight is 577 g/mol. The number of esters is 1. The first-order valence-corrected chi connectivity index (χ1v) is 14.9. The lowest BCUT2D eigenvalue weighted by atomic mass is 9.82. The molecule has 0 radical (unpaired) electrons. The summed E-state index contributed by atoms with van der Waals surface area (Å²) in [6.07, 6.45) is 5.91. The van der Waals surface area contributed by atoms with E-state index in [-0.39, 0.29) is 37.2 Å². The van der Waals surface area contributed by atoms with Crippen LogP contribution in [0.2, 0.25) is 0 Å². The third-order valence-electron chi connectivity index (χ3n) is 8.86. The molecule has 3 rings (SSSR count). The molecule has 0 unspecified atom stereocenters. The van der Waals surface area contributed by atoms with Crippen LogP contribution in [0.25, 0.3) is 0 Å². The van der Waals surface area contributed by atoms with Gasteiger partial charge in [0.25, 0.3) is 0 Å². The van der Waals surface area contributed by atoms with Crippen molar-refractivity contribution in [2.24, 2.45) is 29.1 Å². The van der Waals surface area contributed by atoms with E-state index in [1.807, 2.05) is 20.8 Å². The number of hydrogen-bond donors (Lipinski definition) is 5. The van der Waals surface area contributed by atoms with E-state index in [4.69, 9.17) is 4.74 Å². The Morgan fingerprint density at radius 1 is 1.00 bits per heavy atom. The van der Waals surface area contributed by atoms with Crippen LogP contribution in [0.3, 0.4) is 0 Å². The average Bonchev–Trinajstić information content (AvgIpc) is 3.51. The fourth-order valence-corrected chi connectivity index (χ4v) is 6.35. The van der Waals surface area contributed by atoms with Crippen molar-refractivity contribution >= 4 is 29.6 Å². The second kappa shape index (κ2) is 13.4. The molecule has 0 aromatic heterocycles. The SMILES string of the molecule is C=C[C@@H]1C[C@]1(NC(=O)[C@@H]1C[C@H](O)C[C@H]1C(=O)N[C@H](C(=O)N[C@H](C(=O)NC)C1CCCCC1)C(C)(C)C)C(=O)OCC. The molecular weight excluding hydrogens is 528 g/mol. The zero-order valence-electron chi connectivity index (χ0n) is 25.1. The lowest BCUT2D eigenvalue weighted by molar-refractivity contribution is -0.150. The van der Waals surface area contributed by atoms with Crippen molar-refractivity contribution in [3.05, 3.63) is 12.7 Å². The number of carbonyl (C=O) groups is 5. The van der Waals surface area contributed by atoms with Gasteiger partial charge in [-0.25, -0.2) is 4.79 Å². The Labute approximate surface area is 243 Å². The summed E-state index contributed by atoms with van der Waals surface area (Å²) in [4.78, 5) is 66.0. The highest BCUT2D eigenvalue weighted by Crippen LogP contribution is 2.46. The highest BCUT2D eigenvalue weighted by atomic mass is 16.5. The Bertz CT molecular complexity index is 1020. The molecule has 0 aromatic rings. The fraction of sp³-hybridized carbons (Fsp3) is 0.767. The molecule has 0 aliphatic heterocycles. The zero-order chi connectivity index (χ0) is 30.5. The van der Waals surface area contributed by atoms with Gasteiger partial charge in [0.15, 0.2) is 0 Å². The summed E-state index contributed by atoms with van der Waals surface area (Å²) in [6.45, 7) is 11.0. The molecule has 3 aliphatic rings. The summed E-state index contributed by atoms with van der Waals surface area (Å²) in [5.74, 6) is -4.43. The molecule has 0 bridgehead atoms. The van der Waals surface area contributed by atoms with Gasteiger partial charge < -0.3 is 31.1 Å². The van der Waals surface area contributed by atoms with Gasteiger partial charge in [0, 0.05) is 13.0 Å². The molecule has 11 heteroatoms. The summed E-state index contributed by atoms with van der Waals surface area (Å²) in [7, 11) is 1.54. The van der Waals surface area contributed by atoms with Crippen LogP contribution in [0.5, 0.6) is 0 Å². The molecular formula is C30H48N4O7. The number of ether oxygens (including phenoxy) is 1. The summed E-state index contributed by atoms with van der Waals surface area (Å²) in [5, 5.41) is 21.6. The Morgan fingerprint density at radius 3 is 2.12 bits per heavy atom. The van der Waals surface area contributed by atoms with Gasteiger partial charge in [-0.15, -0.1) is 6.58 Å².